The molecular weight excluding hydrogens is 594 g/mol. The molecule has 11 nitrogen and oxygen atoms in total. The monoisotopic (exact) mass is 627 g/mol. The number of anilines is 1. The van der Waals surface area contributed by atoms with Crippen LogP contribution in [0.15, 0.2) is 83.8 Å². The van der Waals surface area contributed by atoms with Gasteiger partial charge in [-0.2, -0.15) is 4.98 Å². The largest absolute Gasteiger partial charge is 0.470 e. The summed E-state index contributed by atoms with van der Waals surface area (Å²) in [6.07, 6.45) is -1.28. The molecule has 3 heterocycles. The maximum atomic E-state index is 13.9. The molecule has 6 bridgehead atoms. The topological polar surface area (TPSA) is 131 Å². The minimum atomic E-state index is -4.16. The van der Waals surface area contributed by atoms with E-state index in [1.165, 1.54) is 23.1 Å². The maximum absolute atomic E-state index is 13.9. The lowest BCUT2D eigenvalue weighted by Gasteiger charge is -2.32. The third kappa shape index (κ3) is 6.32. The predicted molar refractivity (Wildman–Crippen MR) is 167 cm³/mol. The van der Waals surface area contributed by atoms with E-state index in [4.69, 9.17) is 9.47 Å². The molecule has 12 heteroatoms. The summed E-state index contributed by atoms with van der Waals surface area (Å²) in [6.45, 7) is 6.29. The van der Waals surface area contributed by atoms with Gasteiger partial charge in [0, 0.05) is 30.3 Å². The highest BCUT2D eigenvalue weighted by Crippen LogP contribution is 2.31. The zero-order valence-electron chi connectivity index (χ0n) is 25.1. The van der Waals surface area contributed by atoms with Crippen molar-refractivity contribution in [1.29, 1.82) is 0 Å². The summed E-state index contributed by atoms with van der Waals surface area (Å²) < 4.78 is 41.5. The van der Waals surface area contributed by atoms with Crippen molar-refractivity contribution in [2.45, 2.75) is 44.4 Å². The number of aryl methyl sites for hydroxylation is 2. The van der Waals surface area contributed by atoms with Crippen LogP contribution in [0.3, 0.4) is 0 Å². The van der Waals surface area contributed by atoms with Gasteiger partial charge in [-0.1, -0.05) is 54.6 Å². The van der Waals surface area contributed by atoms with E-state index in [2.05, 4.69) is 14.7 Å². The summed E-state index contributed by atoms with van der Waals surface area (Å²) in [5, 5.41) is 0. The van der Waals surface area contributed by atoms with Crippen molar-refractivity contribution in [3.63, 3.8) is 0 Å². The molecule has 1 saturated heterocycles. The fraction of sp³-hybridized carbons (Fsp3) is 0.273. The Labute approximate surface area is 261 Å². The molecule has 0 aliphatic carbocycles. The fourth-order valence-electron chi connectivity index (χ4n) is 5.67. The molecule has 2 amide bonds. The van der Waals surface area contributed by atoms with Crippen LogP contribution in [0.1, 0.15) is 34.0 Å². The van der Waals surface area contributed by atoms with Gasteiger partial charge in [-0.15, -0.1) is 0 Å². The van der Waals surface area contributed by atoms with E-state index >= 15 is 0 Å². The normalized spacial score (nSPS) is 19.1. The van der Waals surface area contributed by atoms with Crippen LogP contribution in [0.5, 0.6) is 5.88 Å². The predicted octanol–water partition coefficient (Wildman–Crippen LogP) is 4.81. The van der Waals surface area contributed by atoms with Gasteiger partial charge in [0.25, 0.3) is 15.9 Å². The van der Waals surface area contributed by atoms with Crippen molar-refractivity contribution in [3.8, 4) is 17.1 Å². The van der Waals surface area contributed by atoms with Gasteiger partial charge in [0.1, 0.15) is 12.7 Å². The Balaban J connectivity index is 1.43. The molecule has 6 rings (SSSR count). The molecule has 0 unspecified atom stereocenters. The Morgan fingerprint density at radius 1 is 0.978 bits per heavy atom. The lowest BCUT2D eigenvalue weighted by atomic mass is 10.00. The molecule has 0 saturated carbocycles. The zero-order chi connectivity index (χ0) is 31.7. The van der Waals surface area contributed by atoms with Crippen LogP contribution in [-0.2, 0) is 21.4 Å². The lowest BCUT2D eigenvalue weighted by Crippen LogP contribution is -2.48. The summed E-state index contributed by atoms with van der Waals surface area (Å²) in [5.41, 5.74) is 4.19. The van der Waals surface area contributed by atoms with Crippen LogP contribution in [0.25, 0.3) is 11.3 Å². The number of nitrogens with zero attached hydrogens (tertiary/aromatic N) is 4. The SMILES string of the molecule is Cc1cccc(C)c1-c1cc2nc(n1)NS(=O)(=O)c1cccc(c1)C(=O)N1CCN(C(=O)OCc3ccccc3)C[C@H](O2)[C@H]1C. The van der Waals surface area contributed by atoms with Gasteiger partial charge in [0.15, 0.2) is 0 Å². The first-order valence-electron chi connectivity index (χ1n) is 14.6. The number of carbonyl (C=O) groups excluding carboxylic acids is 2. The maximum Gasteiger partial charge on any atom is 0.410 e. The summed E-state index contributed by atoms with van der Waals surface area (Å²) >= 11 is 0. The highest BCUT2D eigenvalue weighted by molar-refractivity contribution is 7.92. The van der Waals surface area contributed by atoms with Crippen LogP contribution >= 0.6 is 0 Å². The van der Waals surface area contributed by atoms with Crippen molar-refractivity contribution < 1.29 is 27.5 Å². The molecule has 1 aromatic heterocycles. The lowest BCUT2D eigenvalue weighted by molar-refractivity contribution is 0.0508. The van der Waals surface area contributed by atoms with Crippen molar-refractivity contribution in [2.75, 3.05) is 24.4 Å². The van der Waals surface area contributed by atoms with E-state index in [0.717, 1.165) is 22.3 Å². The number of aromatic nitrogens is 2. The molecule has 45 heavy (non-hydrogen) atoms. The average molecular weight is 628 g/mol. The molecule has 1 N–H and O–H groups in total. The average Bonchev–Trinajstić information content (AvgIpc) is 3.18. The van der Waals surface area contributed by atoms with E-state index in [1.54, 1.807) is 17.0 Å². The van der Waals surface area contributed by atoms with Crippen LogP contribution in [0, 0.1) is 13.8 Å². The molecule has 2 atom stereocenters. The molecule has 1 fully saturated rings. The van der Waals surface area contributed by atoms with Gasteiger partial charge in [-0.25, -0.2) is 22.9 Å². The highest BCUT2D eigenvalue weighted by Gasteiger charge is 2.37. The second kappa shape index (κ2) is 12.2. The third-order valence-corrected chi connectivity index (χ3v) is 9.42. The zero-order valence-corrected chi connectivity index (χ0v) is 26.0. The first kappa shape index (κ1) is 30.1. The van der Waals surface area contributed by atoms with E-state index in [9.17, 15) is 18.0 Å². The number of carbonyl (C=O) groups is 2. The van der Waals surface area contributed by atoms with Crippen molar-refractivity contribution in [2.24, 2.45) is 0 Å². The van der Waals surface area contributed by atoms with Crippen LogP contribution in [0.4, 0.5) is 10.7 Å². The first-order valence-corrected chi connectivity index (χ1v) is 16.1. The van der Waals surface area contributed by atoms with E-state index < -0.39 is 28.3 Å². The summed E-state index contributed by atoms with van der Waals surface area (Å²) in [6, 6.07) is 22.1. The minimum absolute atomic E-state index is 0.0926. The van der Waals surface area contributed by atoms with Crippen LogP contribution in [-0.4, -0.2) is 72.0 Å². The first-order chi connectivity index (χ1) is 21.6. The molecule has 0 spiro atoms. The van der Waals surface area contributed by atoms with Gasteiger partial charge >= 0.3 is 6.09 Å². The fourth-order valence-corrected chi connectivity index (χ4v) is 6.66. The van der Waals surface area contributed by atoms with Gasteiger partial charge in [0.05, 0.1) is 23.2 Å². The number of nitrogens with one attached hydrogen (secondary N) is 1. The van der Waals surface area contributed by atoms with Crippen LogP contribution < -0.4 is 9.46 Å². The van der Waals surface area contributed by atoms with Gasteiger partial charge in [0.2, 0.25) is 11.8 Å². The Hall–Kier alpha value is -4.97. The van der Waals surface area contributed by atoms with Gasteiger partial charge in [-0.3, -0.25) is 4.79 Å². The second-order valence-electron chi connectivity index (χ2n) is 11.2. The molecule has 2 aliphatic heterocycles. The summed E-state index contributed by atoms with van der Waals surface area (Å²) in [4.78, 5) is 39.2. The summed E-state index contributed by atoms with van der Waals surface area (Å²) in [5.74, 6) is -0.477. The second-order valence-corrected chi connectivity index (χ2v) is 12.9. The molecule has 0 radical (unpaired) electrons. The number of hydrogen-bond acceptors (Lipinski definition) is 8. The number of sulfonamides is 1. The number of fused-ring (bicyclic) bond motifs is 6. The Morgan fingerprint density at radius 3 is 2.47 bits per heavy atom. The molecular formula is C33H33N5O6S. The Bertz CT molecular complexity index is 1850. The number of rotatable bonds is 3. The van der Waals surface area contributed by atoms with Crippen molar-refractivity contribution in [3.05, 3.63) is 101 Å². The van der Waals surface area contributed by atoms with Crippen LogP contribution in [0.2, 0.25) is 0 Å². The van der Waals surface area contributed by atoms with E-state index in [0.29, 0.717) is 5.69 Å². The molecule has 2 aliphatic rings. The third-order valence-electron chi connectivity index (χ3n) is 8.09. The number of ether oxygens (including phenoxy) is 2. The van der Waals surface area contributed by atoms with Crippen molar-refractivity contribution in [1.82, 2.24) is 19.8 Å². The smallest absolute Gasteiger partial charge is 0.410 e. The number of hydrogen-bond donors (Lipinski definition) is 1. The minimum Gasteiger partial charge on any atom is -0.470 e. The standard InChI is InChI=1S/C33H33N5O6S/c1-21-9-7-10-22(2)30(21)27-18-29-35-32(34-27)36-45(41,42)26-14-8-13-25(17-26)31(39)38-16-15-37(19-28(44-29)23(38)3)33(40)43-20-24-11-5-4-6-12-24/h4-14,17-18,23,28H,15-16,19-20H2,1-3H3,(H,34,35,36)/t23-,28+/m1/s1. The Morgan fingerprint density at radius 2 is 1.71 bits per heavy atom. The van der Waals surface area contributed by atoms with E-state index in [-0.39, 0.29) is 54.4 Å². The quantitative estimate of drug-likeness (QED) is 0.343. The molecule has 4 aromatic rings. The Kier molecular flexibility index (Phi) is 8.15. The molecule has 232 valence electrons. The number of amides is 2. The summed E-state index contributed by atoms with van der Waals surface area (Å²) in [7, 11) is -4.16. The van der Waals surface area contributed by atoms with Gasteiger partial charge < -0.3 is 19.3 Å². The highest BCUT2D eigenvalue weighted by atomic mass is 32.2. The van der Waals surface area contributed by atoms with E-state index in [1.807, 2.05) is 69.3 Å². The van der Waals surface area contributed by atoms with Gasteiger partial charge in [-0.05, 0) is 55.7 Å². The number of benzene rings is 3. The van der Waals surface area contributed by atoms with Crippen molar-refractivity contribution >= 4 is 28.0 Å². The molecule has 3 aromatic carbocycles.